The smallest absolute Gasteiger partial charge is 0.264 e. The summed E-state index contributed by atoms with van der Waals surface area (Å²) in [4.78, 5) is 28.2. The topological polar surface area (TPSA) is 86.8 Å². The molecule has 38 heavy (non-hydrogen) atoms. The molecule has 9 heteroatoms. The number of anilines is 1. The number of nitrogens with zero attached hydrogens (tertiary/aromatic N) is 2. The predicted molar refractivity (Wildman–Crippen MR) is 152 cm³/mol. The Morgan fingerprint density at radius 3 is 2.21 bits per heavy atom. The van der Waals surface area contributed by atoms with Gasteiger partial charge in [0.25, 0.3) is 10.0 Å². The number of nitrogens with one attached hydrogen (secondary N) is 1. The molecular weight excluding hydrogens is 522 g/mol. The van der Waals surface area contributed by atoms with E-state index in [9.17, 15) is 18.0 Å². The van der Waals surface area contributed by atoms with Crippen molar-refractivity contribution in [1.82, 2.24) is 10.2 Å². The highest BCUT2D eigenvalue weighted by Crippen LogP contribution is 2.29. The lowest BCUT2D eigenvalue weighted by molar-refractivity contribution is -0.139. The first kappa shape index (κ1) is 29.2. The zero-order valence-electron chi connectivity index (χ0n) is 22.4. The van der Waals surface area contributed by atoms with Crippen molar-refractivity contribution < 1.29 is 18.0 Å². The molecule has 0 fully saturated rings. The largest absolute Gasteiger partial charge is 0.355 e. The second kappa shape index (κ2) is 12.5. The fraction of sp³-hybridized carbons (Fsp3) is 0.310. The molecule has 3 aromatic rings. The van der Waals surface area contributed by atoms with Crippen molar-refractivity contribution in [2.45, 2.75) is 52.1 Å². The molecule has 202 valence electrons. The zero-order valence-corrected chi connectivity index (χ0v) is 23.9. The van der Waals surface area contributed by atoms with Crippen molar-refractivity contribution in [3.8, 4) is 0 Å². The van der Waals surface area contributed by atoms with Crippen LogP contribution in [0.1, 0.15) is 36.1 Å². The standard InChI is InChI=1S/C29H34ClN3O4S/c1-6-31-29(35)23(5)32(18-24-9-7-8-10-26(24)30)28(34)19-33(27-17-21(3)11-14-22(27)4)38(36,37)25-15-12-20(2)13-16-25/h7-17,23H,6,18-19H2,1-5H3,(H,31,35)/t23-/m1/s1. The number of hydrogen-bond donors (Lipinski definition) is 1. The number of carbonyl (C=O) groups is 2. The van der Waals surface area contributed by atoms with E-state index >= 15 is 0 Å². The molecule has 3 aromatic carbocycles. The fourth-order valence-corrected chi connectivity index (χ4v) is 5.72. The lowest BCUT2D eigenvalue weighted by atomic mass is 10.1. The first-order valence-corrected chi connectivity index (χ1v) is 14.2. The van der Waals surface area contributed by atoms with Crippen molar-refractivity contribution in [2.75, 3.05) is 17.4 Å². The van der Waals surface area contributed by atoms with Gasteiger partial charge >= 0.3 is 0 Å². The molecule has 0 unspecified atom stereocenters. The van der Waals surface area contributed by atoms with Crippen LogP contribution in [0, 0.1) is 20.8 Å². The molecule has 3 rings (SSSR count). The van der Waals surface area contributed by atoms with Crippen LogP contribution in [-0.2, 0) is 26.2 Å². The van der Waals surface area contributed by atoms with Crippen LogP contribution in [0.4, 0.5) is 5.69 Å². The van der Waals surface area contributed by atoms with Gasteiger partial charge in [-0.25, -0.2) is 8.42 Å². The van der Waals surface area contributed by atoms with Gasteiger partial charge < -0.3 is 10.2 Å². The van der Waals surface area contributed by atoms with E-state index in [-0.39, 0.29) is 17.3 Å². The van der Waals surface area contributed by atoms with Crippen molar-refractivity contribution >= 4 is 39.1 Å². The molecule has 0 aromatic heterocycles. The van der Waals surface area contributed by atoms with E-state index < -0.39 is 28.5 Å². The van der Waals surface area contributed by atoms with Gasteiger partial charge in [0.15, 0.2) is 0 Å². The number of amides is 2. The Hall–Kier alpha value is -3.36. The van der Waals surface area contributed by atoms with Crippen LogP contribution in [0.15, 0.2) is 71.6 Å². The highest BCUT2D eigenvalue weighted by atomic mass is 35.5. The number of sulfonamides is 1. The molecule has 2 amide bonds. The Kier molecular flexibility index (Phi) is 9.57. The maximum absolute atomic E-state index is 13.9. The van der Waals surface area contributed by atoms with E-state index in [1.54, 1.807) is 63.2 Å². The highest BCUT2D eigenvalue weighted by Gasteiger charge is 2.33. The molecule has 0 radical (unpaired) electrons. The quantitative estimate of drug-likeness (QED) is 0.381. The molecule has 0 bridgehead atoms. The predicted octanol–water partition coefficient (Wildman–Crippen LogP) is 5.01. The minimum atomic E-state index is -4.12. The number of hydrogen-bond acceptors (Lipinski definition) is 4. The lowest BCUT2D eigenvalue weighted by Crippen LogP contribution is -2.51. The minimum absolute atomic E-state index is 0.0437. The van der Waals surface area contributed by atoms with Gasteiger partial charge in [-0.3, -0.25) is 13.9 Å². The summed E-state index contributed by atoms with van der Waals surface area (Å²) < 4.78 is 29.0. The summed E-state index contributed by atoms with van der Waals surface area (Å²) >= 11 is 6.38. The van der Waals surface area contributed by atoms with Gasteiger partial charge in [-0.2, -0.15) is 0 Å². The first-order valence-electron chi connectivity index (χ1n) is 12.4. The second-order valence-electron chi connectivity index (χ2n) is 9.30. The van der Waals surface area contributed by atoms with Crippen LogP contribution in [0.5, 0.6) is 0 Å². The third-order valence-corrected chi connectivity index (χ3v) is 8.48. The monoisotopic (exact) mass is 555 g/mol. The summed E-state index contributed by atoms with van der Waals surface area (Å²) in [6.07, 6.45) is 0. The maximum Gasteiger partial charge on any atom is 0.264 e. The van der Waals surface area contributed by atoms with Gasteiger partial charge in [0.1, 0.15) is 12.6 Å². The number of carbonyl (C=O) groups excluding carboxylic acids is 2. The minimum Gasteiger partial charge on any atom is -0.355 e. The zero-order chi connectivity index (χ0) is 28.0. The van der Waals surface area contributed by atoms with Crippen LogP contribution in [0.2, 0.25) is 5.02 Å². The Bertz CT molecular complexity index is 1410. The van der Waals surface area contributed by atoms with Crippen molar-refractivity contribution in [3.05, 3.63) is 94.0 Å². The molecule has 0 saturated carbocycles. The molecule has 0 spiro atoms. The van der Waals surface area contributed by atoms with Gasteiger partial charge in [-0.1, -0.05) is 59.6 Å². The van der Waals surface area contributed by atoms with Gasteiger partial charge in [-0.05, 0) is 75.6 Å². The second-order valence-corrected chi connectivity index (χ2v) is 11.6. The third-order valence-electron chi connectivity index (χ3n) is 6.34. The molecule has 0 saturated heterocycles. The van der Waals surface area contributed by atoms with Gasteiger partial charge in [0.2, 0.25) is 11.8 Å². The maximum atomic E-state index is 13.9. The summed E-state index contributed by atoms with van der Waals surface area (Å²) in [5.74, 6) is -0.868. The summed E-state index contributed by atoms with van der Waals surface area (Å²) in [6, 6.07) is 18.2. The Labute approximate surface area is 230 Å². The molecule has 0 aliphatic heterocycles. The number of aryl methyl sites for hydroxylation is 3. The van der Waals surface area contributed by atoms with Crippen LogP contribution < -0.4 is 9.62 Å². The van der Waals surface area contributed by atoms with Crippen LogP contribution in [0.25, 0.3) is 0 Å². The van der Waals surface area contributed by atoms with Crippen molar-refractivity contribution in [1.29, 1.82) is 0 Å². The van der Waals surface area contributed by atoms with E-state index in [1.807, 2.05) is 26.0 Å². The molecule has 0 aliphatic carbocycles. The summed E-state index contributed by atoms with van der Waals surface area (Å²) in [5.41, 5.74) is 3.53. The van der Waals surface area contributed by atoms with Gasteiger partial charge in [-0.15, -0.1) is 0 Å². The Morgan fingerprint density at radius 2 is 1.58 bits per heavy atom. The SMILES string of the molecule is CCNC(=O)[C@@H](C)N(Cc1ccccc1Cl)C(=O)CN(c1cc(C)ccc1C)S(=O)(=O)c1ccc(C)cc1. The molecular formula is C29H34ClN3O4S. The molecule has 1 atom stereocenters. The van der Waals surface area contributed by atoms with E-state index in [2.05, 4.69) is 5.32 Å². The summed E-state index contributed by atoms with van der Waals surface area (Å²) in [7, 11) is -4.12. The van der Waals surface area contributed by atoms with Crippen molar-refractivity contribution in [2.24, 2.45) is 0 Å². The third kappa shape index (κ3) is 6.74. The molecule has 0 aliphatic rings. The fourth-order valence-electron chi connectivity index (χ4n) is 4.05. The Balaban J connectivity index is 2.09. The lowest BCUT2D eigenvalue weighted by Gasteiger charge is -2.32. The van der Waals surface area contributed by atoms with E-state index in [4.69, 9.17) is 11.6 Å². The number of likely N-dealkylation sites (N-methyl/N-ethyl adjacent to an activating group) is 1. The Morgan fingerprint density at radius 1 is 0.947 bits per heavy atom. The van der Waals surface area contributed by atoms with E-state index in [1.165, 1.54) is 17.0 Å². The number of benzene rings is 3. The average molecular weight is 556 g/mol. The van der Waals surface area contributed by atoms with Gasteiger partial charge in [0, 0.05) is 18.1 Å². The number of halogens is 1. The normalized spacial score (nSPS) is 12.1. The van der Waals surface area contributed by atoms with E-state index in [0.717, 1.165) is 15.4 Å². The van der Waals surface area contributed by atoms with Crippen molar-refractivity contribution in [3.63, 3.8) is 0 Å². The average Bonchev–Trinajstić information content (AvgIpc) is 2.88. The molecule has 0 heterocycles. The van der Waals surface area contributed by atoms with Crippen LogP contribution >= 0.6 is 11.6 Å². The summed E-state index contributed by atoms with van der Waals surface area (Å²) in [6.45, 7) is 8.90. The van der Waals surface area contributed by atoms with E-state index in [0.29, 0.717) is 28.4 Å². The molecule has 1 N–H and O–H groups in total. The first-order chi connectivity index (χ1) is 17.9. The van der Waals surface area contributed by atoms with Gasteiger partial charge in [0.05, 0.1) is 10.6 Å². The summed E-state index contributed by atoms with van der Waals surface area (Å²) in [5, 5.41) is 3.20. The van der Waals surface area contributed by atoms with Crippen LogP contribution in [0.3, 0.4) is 0 Å². The molecule has 7 nitrogen and oxygen atoms in total. The highest BCUT2D eigenvalue weighted by molar-refractivity contribution is 7.92. The van der Waals surface area contributed by atoms with Crippen LogP contribution in [-0.4, -0.2) is 44.3 Å². The number of rotatable bonds is 10.